The van der Waals surface area contributed by atoms with Crippen LogP contribution in [0.25, 0.3) is 11.1 Å². The van der Waals surface area contributed by atoms with E-state index < -0.39 is 17.9 Å². The summed E-state index contributed by atoms with van der Waals surface area (Å²) in [6, 6.07) is 24.6. The second-order valence-corrected chi connectivity index (χ2v) is 8.68. The van der Waals surface area contributed by atoms with E-state index in [1.165, 1.54) is 30.2 Å². The number of carbonyl (C=O) groups is 2. The molecule has 0 bridgehead atoms. The fourth-order valence-corrected chi connectivity index (χ4v) is 4.51. The number of ether oxygens (including phenoxy) is 2. The number of nitriles is 1. The highest BCUT2D eigenvalue weighted by Crippen LogP contribution is 2.43. The van der Waals surface area contributed by atoms with Crippen molar-refractivity contribution in [3.8, 4) is 17.2 Å². The van der Waals surface area contributed by atoms with Gasteiger partial charge in [0.2, 0.25) is 0 Å². The van der Waals surface area contributed by atoms with E-state index in [4.69, 9.17) is 15.2 Å². The Kier molecular flexibility index (Phi) is 7.12. The van der Waals surface area contributed by atoms with Crippen LogP contribution in [-0.4, -0.2) is 26.2 Å². The third-order valence-electron chi connectivity index (χ3n) is 6.58. The molecule has 0 amide bonds. The molecule has 1 aliphatic heterocycles. The van der Waals surface area contributed by atoms with E-state index in [2.05, 4.69) is 32.0 Å². The fraction of sp³-hybridized carbons (Fsp3) is 0.167. The molecule has 186 valence electrons. The van der Waals surface area contributed by atoms with Crippen molar-refractivity contribution in [2.24, 2.45) is 5.73 Å². The van der Waals surface area contributed by atoms with Gasteiger partial charge >= 0.3 is 11.9 Å². The predicted molar refractivity (Wildman–Crippen MR) is 141 cm³/mol. The van der Waals surface area contributed by atoms with E-state index in [1.807, 2.05) is 24.3 Å². The van der Waals surface area contributed by atoms with Crippen molar-refractivity contribution in [1.29, 1.82) is 5.26 Å². The van der Waals surface area contributed by atoms with Gasteiger partial charge in [0.05, 0.1) is 37.4 Å². The topological polar surface area (TPSA) is 106 Å². The predicted octanol–water partition coefficient (Wildman–Crippen LogP) is 4.87. The summed E-state index contributed by atoms with van der Waals surface area (Å²) in [6.45, 7) is 4.11. The molecule has 0 spiro atoms. The van der Waals surface area contributed by atoms with Crippen molar-refractivity contribution >= 4 is 17.6 Å². The highest BCUT2D eigenvalue weighted by Gasteiger charge is 2.42. The Balaban J connectivity index is 1.93. The molecule has 0 aromatic heterocycles. The van der Waals surface area contributed by atoms with E-state index in [9.17, 15) is 14.9 Å². The van der Waals surface area contributed by atoms with Crippen molar-refractivity contribution in [3.63, 3.8) is 0 Å². The molecule has 3 aromatic carbocycles. The minimum atomic E-state index is -0.904. The quantitative estimate of drug-likeness (QED) is 0.506. The number of carbonyl (C=O) groups excluding carboxylic acids is 2. The third kappa shape index (κ3) is 4.57. The molecule has 0 saturated carbocycles. The van der Waals surface area contributed by atoms with Gasteiger partial charge in [0.1, 0.15) is 11.5 Å². The van der Waals surface area contributed by atoms with Crippen LogP contribution in [0.1, 0.15) is 22.6 Å². The lowest BCUT2D eigenvalue weighted by atomic mass is 9.81. The second kappa shape index (κ2) is 10.4. The largest absolute Gasteiger partial charge is 0.466 e. The number of hydrogen-bond donors (Lipinski definition) is 1. The van der Waals surface area contributed by atoms with Gasteiger partial charge in [-0.15, -0.1) is 0 Å². The standard InChI is InChI=1S/C30H27N3O4/c1-18-10-11-22(16-19(18)2)20-12-14-23(15-13-20)33-27(30(35)37-4)26(29(34)36-3)25(24(17-31)28(33)32)21-8-6-5-7-9-21/h5-16,25H,32H2,1-4H3. The Morgan fingerprint density at radius 2 is 1.49 bits per heavy atom. The van der Waals surface area contributed by atoms with Crippen LogP contribution in [0, 0.1) is 25.2 Å². The molecule has 0 radical (unpaired) electrons. The van der Waals surface area contributed by atoms with E-state index in [0.717, 1.165) is 11.1 Å². The second-order valence-electron chi connectivity index (χ2n) is 8.68. The molecule has 4 rings (SSSR count). The smallest absolute Gasteiger partial charge is 0.355 e. The summed E-state index contributed by atoms with van der Waals surface area (Å²) in [4.78, 5) is 27.7. The number of benzene rings is 3. The van der Waals surface area contributed by atoms with Crippen molar-refractivity contribution in [3.05, 3.63) is 112 Å². The van der Waals surface area contributed by atoms with Gasteiger partial charge in [-0.2, -0.15) is 5.26 Å². The Bertz CT molecular complexity index is 1460. The van der Waals surface area contributed by atoms with Gasteiger partial charge in [0.25, 0.3) is 0 Å². The number of hydrogen-bond acceptors (Lipinski definition) is 7. The molecule has 0 saturated heterocycles. The average Bonchev–Trinajstić information content (AvgIpc) is 2.93. The zero-order valence-electron chi connectivity index (χ0n) is 21.1. The molecule has 3 aromatic rings. The van der Waals surface area contributed by atoms with Crippen LogP contribution in [0.4, 0.5) is 5.69 Å². The molecule has 1 atom stereocenters. The highest BCUT2D eigenvalue weighted by molar-refractivity contribution is 6.06. The lowest BCUT2D eigenvalue weighted by Crippen LogP contribution is -2.40. The van der Waals surface area contributed by atoms with E-state index in [-0.39, 0.29) is 22.7 Å². The van der Waals surface area contributed by atoms with Gasteiger partial charge in [-0.05, 0) is 53.8 Å². The maximum Gasteiger partial charge on any atom is 0.355 e. The van der Waals surface area contributed by atoms with Crippen LogP contribution in [0.2, 0.25) is 0 Å². The summed E-state index contributed by atoms with van der Waals surface area (Å²) in [5.74, 6) is -2.41. The Morgan fingerprint density at radius 3 is 2.05 bits per heavy atom. The zero-order chi connectivity index (χ0) is 26.7. The number of nitrogens with two attached hydrogens (primary N) is 1. The lowest BCUT2D eigenvalue weighted by Gasteiger charge is -2.36. The minimum absolute atomic E-state index is 0.0236. The van der Waals surface area contributed by atoms with Gasteiger partial charge in [0, 0.05) is 5.69 Å². The Hall–Kier alpha value is -4.83. The van der Waals surface area contributed by atoms with E-state index in [1.54, 1.807) is 36.4 Å². The van der Waals surface area contributed by atoms with Crippen LogP contribution in [-0.2, 0) is 19.1 Å². The van der Waals surface area contributed by atoms with Gasteiger partial charge in [-0.1, -0.05) is 60.7 Å². The first kappa shape index (κ1) is 25.3. The fourth-order valence-electron chi connectivity index (χ4n) is 4.51. The van der Waals surface area contributed by atoms with Crippen molar-refractivity contribution in [2.45, 2.75) is 19.8 Å². The molecule has 0 aliphatic carbocycles. The minimum Gasteiger partial charge on any atom is -0.466 e. The summed E-state index contributed by atoms with van der Waals surface area (Å²) in [5, 5.41) is 10.1. The third-order valence-corrected chi connectivity index (χ3v) is 6.58. The molecule has 2 N–H and O–H groups in total. The molecular formula is C30H27N3O4. The number of esters is 2. The van der Waals surface area contributed by atoms with Crippen molar-refractivity contribution < 1.29 is 19.1 Å². The first-order valence-electron chi connectivity index (χ1n) is 11.7. The molecule has 7 nitrogen and oxygen atoms in total. The number of methoxy groups -OCH3 is 2. The molecule has 0 fully saturated rings. The van der Waals surface area contributed by atoms with Gasteiger partial charge < -0.3 is 15.2 Å². The normalized spacial score (nSPS) is 15.3. The SMILES string of the molecule is COC(=O)C1=C(C(=O)OC)N(c2ccc(-c3ccc(C)c(C)c3)cc2)C(N)=C(C#N)C1c1ccccc1. The van der Waals surface area contributed by atoms with Crippen LogP contribution in [0.15, 0.2) is 95.5 Å². The number of allylic oxidation sites excluding steroid dienone is 1. The maximum absolute atomic E-state index is 13.2. The van der Waals surface area contributed by atoms with Gasteiger partial charge in [0.15, 0.2) is 0 Å². The van der Waals surface area contributed by atoms with Crippen LogP contribution < -0.4 is 10.6 Å². The van der Waals surface area contributed by atoms with Crippen molar-refractivity contribution in [2.75, 3.05) is 19.1 Å². The van der Waals surface area contributed by atoms with Crippen molar-refractivity contribution in [1.82, 2.24) is 0 Å². The van der Waals surface area contributed by atoms with E-state index >= 15 is 0 Å². The summed E-state index contributed by atoms with van der Waals surface area (Å²) in [6.07, 6.45) is 0. The highest BCUT2D eigenvalue weighted by atomic mass is 16.5. The number of rotatable bonds is 5. The summed E-state index contributed by atoms with van der Waals surface area (Å²) >= 11 is 0. The van der Waals surface area contributed by atoms with Crippen LogP contribution in [0.5, 0.6) is 0 Å². The monoisotopic (exact) mass is 493 g/mol. The zero-order valence-corrected chi connectivity index (χ0v) is 21.1. The first-order chi connectivity index (χ1) is 17.8. The number of nitrogens with zero attached hydrogens (tertiary/aromatic N) is 2. The van der Waals surface area contributed by atoms with Gasteiger partial charge in [-0.3, -0.25) is 4.90 Å². The number of anilines is 1. The first-order valence-corrected chi connectivity index (χ1v) is 11.7. The lowest BCUT2D eigenvalue weighted by molar-refractivity contribution is -0.139. The maximum atomic E-state index is 13.2. The van der Waals surface area contributed by atoms with Crippen LogP contribution >= 0.6 is 0 Å². The van der Waals surface area contributed by atoms with Crippen LogP contribution in [0.3, 0.4) is 0 Å². The molecule has 1 aliphatic rings. The van der Waals surface area contributed by atoms with Gasteiger partial charge in [-0.25, -0.2) is 9.59 Å². The average molecular weight is 494 g/mol. The number of aryl methyl sites for hydroxylation is 2. The molecular weight excluding hydrogens is 466 g/mol. The Labute approximate surface area is 216 Å². The summed E-state index contributed by atoms with van der Waals surface area (Å²) in [7, 11) is 2.45. The molecule has 7 heteroatoms. The Morgan fingerprint density at radius 1 is 0.865 bits per heavy atom. The molecule has 1 heterocycles. The van der Waals surface area contributed by atoms with E-state index in [0.29, 0.717) is 11.3 Å². The summed E-state index contributed by atoms with van der Waals surface area (Å²) < 4.78 is 10.2. The molecule has 37 heavy (non-hydrogen) atoms. The molecule has 1 unspecified atom stereocenters. The summed E-state index contributed by atoms with van der Waals surface area (Å²) in [5.41, 5.74) is 12.0.